The fraction of sp³-hybridized carbons (Fsp3) is 0.333. The first-order valence-corrected chi connectivity index (χ1v) is 6.33. The molecule has 0 N–H and O–H groups in total. The van der Waals surface area contributed by atoms with Crippen LogP contribution in [0.1, 0.15) is 28.0 Å². The molecule has 0 atom stereocenters. The second kappa shape index (κ2) is 5.85. The minimum Gasteiger partial charge on any atom is -0.465 e. The molecular formula is C9H7BrF2INO2. The average Bonchev–Trinajstić information content (AvgIpc) is 2.26. The van der Waals surface area contributed by atoms with Gasteiger partial charge < -0.3 is 4.74 Å². The highest BCUT2D eigenvalue weighted by Crippen LogP contribution is 2.27. The topological polar surface area (TPSA) is 39.2 Å². The number of pyridine rings is 1. The van der Waals surface area contributed by atoms with Gasteiger partial charge in [-0.15, -0.1) is 0 Å². The molecule has 88 valence electrons. The molecule has 1 rings (SSSR count). The van der Waals surface area contributed by atoms with Gasteiger partial charge in [0.05, 0.1) is 12.7 Å². The third-order valence-electron chi connectivity index (χ3n) is 1.84. The third kappa shape index (κ3) is 2.88. The fourth-order valence-electron chi connectivity index (χ4n) is 1.18. The number of halogens is 4. The quantitative estimate of drug-likeness (QED) is 0.335. The molecule has 1 aromatic rings. The minimum atomic E-state index is -2.80. The highest BCUT2D eigenvalue weighted by Gasteiger charge is 2.24. The summed E-state index contributed by atoms with van der Waals surface area (Å²) >= 11 is 4.96. The molecule has 1 aromatic heterocycles. The minimum absolute atomic E-state index is 0.158. The summed E-state index contributed by atoms with van der Waals surface area (Å²) in [5.74, 6) is -0.798. The molecule has 16 heavy (non-hydrogen) atoms. The van der Waals surface area contributed by atoms with Crippen LogP contribution >= 0.6 is 38.5 Å². The van der Waals surface area contributed by atoms with E-state index < -0.39 is 18.1 Å². The molecule has 0 aliphatic carbocycles. The second-order valence-electron chi connectivity index (χ2n) is 2.79. The summed E-state index contributed by atoms with van der Waals surface area (Å²) in [5, 5.41) is 0.287. The third-order valence-corrected chi connectivity index (χ3v) is 2.99. The van der Waals surface area contributed by atoms with E-state index in [1.807, 2.05) is 22.6 Å². The molecule has 0 saturated carbocycles. The predicted octanol–water partition coefficient (Wildman–Crippen LogP) is 3.31. The van der Waals surface area contributed by atoms with Crippen LogP contribution < -0.4 is 0 Å². The molecule has 0 aromatic carbocycles. The van der Waals surface area contributed by atoms with Crippen LogP contribution in [-0.4, -0.2) is 18.1 Å². The lowest BCUT2D eigenvalue weighted by Crippen LogP contribution is -2.12. The maximum Gasteiger partial charge on any atom is 0.340 e. The van der Waals surface area contributed by atoms with E-state index in [0.29, 0.717) is 9.26 Å². The van der Waals surface area contributed by atoms with Gasteiger partial charge in [0, 0.05) is 5.33 Å². The lowest BCUT2D eigenvalue weighted by Gasteiger charge is -2.10. The molecule has 0 saturated heterocycles. The van der Waals surface area contributed by atoms with Crippen molar-refractivity contribution in [2.45, 2.75) is 11.8 Å². The van der Waals surface area contributed by atoms with E-state index in [-0.39, 0.29) is 10.9 Å². The zero-order chi connectivity index (χ0) is 12.3. The van der Waals surface area contributed by atoms with Crippen molar-refractivity contribution in [2.24, 2.45) is 0 Å². The Balaban J connectivity index is 3.45. The highest BCUT2D eigenvalue weighted by atomic mass is 127. The van der Waals surface area contributed by atoms with E-state index in [1.165, 1.54) is 0 Å². The molecule has 0 fully saturated rings. The Morgan fingerprint density at radius 2 is 2.31 bits per heavy atom. The first kappa shape index (κ1) is 13.8. The van der Waals surface area contributed by atoms with Gasteiger partial charge in [0.15, 0.2) is 0 Å². The van der Waals surface area contributed by atoms with Gasteiger partial charge in [0.2, 0.25) is 0 Å². The number of nitrogens with zero attached hydrogens (tertiary/aromatic N) is 1. The summed E-state index contributed by atoms with van der Waals surface area (Å²) < 4.78 is 30.3. The molecule has 3 nitrogen and oxygen atoms in total. The predicted molar refractivity (Wildman–Crippen MR) is 65.9 cm³/mol. The molecule has 0 radical (unpaired) electrons. The number of aromatic nitrogens is 1. The van der Waals surface area contributed by atoms with Crippen LogP contribution in [0.5, 0.6) is 0 Å². The molecule has 0 unspecified atom stereocenters. The van der Waals surface area contributed by atoms with Crippen LogP contribution in [0, 0.1) is 3.70 Å². The lowest BCUT2D eigenvalue weighted by molar-refractivity contribution is 0.0586. The maximum atomic E-state index is 12.7. The Labute approximate surface area is 113 Å². The zero-order valence-corrected chi connectivity index (χ0v) is 11.9. The van der Waals surface area contributed by atoms with Gasteiger partial charge in [-0.1, -0.05) is 15.9 Å². The molecular weight excluding hydrogens is 399 g/mol. The van der Waals surface area contributed by atoms with Gasteiger partial charge in [-0.2, -0.15) is 0 Å². The van der Waals surface area contributed by atoms with E-state index in [2.05, 4.69) is 25.7 Å². The summed E-state index contributed by atoms with van der Waals surface area (Å²) in [6.45, 7) is 0. The van der Waals surface area contributed by atoms with Gasteiger partial charge >= 0.3 is 5.97 Å². The average molecular weight is 406 g/mol. The monoisotopic (exact) mass is 405 g/mol. The van der Waals surface area contributed by atoms with Crippen LogP contribution in [0.3, 0.4) is 0 Å². The number of methoxy groups -OCH3 is 1. The van der Waals surface area contributed by atoms with Crippen LogP contribution in [0.2, 0.25) is 0 Å². The van der Waals surface area contributed by atoms with Gasteiger partial charge in [-0.05, 0) is 34.2 Å². The molecule has 1 heterocycles. The number of esters is 1. The van der Waals surface area contributed by atoms with Crippen molar-refractivity contribution in [3.63, 3.8) is 0 Å². The van der Waals surface area contributed by atoms with Crippen molar-refractivity contribution in [3.8, 4) is 0 Å². The van der Waals surface area contributed by atoms with Gasteiger partial charge in [-0.3, -0.25) is 0 Å². The van der Waals surface area contributed by atoms with Crippen LogP contribution in [-0.2, 0) is 10.1 Å². The first-order valence-electron chi connectivity index (χ1n) is 4.13. The van der Waals surface area contributed by atoms with Crippen molar-refractivity contribution < 1.29 is 18.3 Å². The summed E-state index contributed by atoms with van der Waals surface area (Å²) in [6, 6.07) is 1.56. The van der Waals surface area contributed by atoms with Gasteiger partial charge in [-0.25, -0.2) is 18.6 Å². The number of hydrogen-bond donors (Lipinski definition) is 0. The van der Waals surface area contributed by atoms with Crippen molar-refractivity contribution in [3.05, 3.63) is 26.6 Å². The number of alkyl halides is 3. The number of hydrogen-bond acceptors (Lipinski definition) is 3. The standard InChI is InChI=1S/C9H7BrF2INO2/c1-16-9(15)6-4(3-10)2-5(13)14-7(6)8(11)12/h2,8H,3H2,1H3. The van der Waals surface area contributed by atoms with Crippen LogP contribution in [0.25, 0.3) is 0 Å². The zero-order valence-electron chi connectivity index (χ0n) is 8.14. The van der Waals surface area contributed by atoms with Crippen molar-refractivity contribution in [1.29, 1.82) is 0 Å². The van der Waals surface area contributed by atoms with E-state index >= 15 is 0 Å². The number of carbonyl (C=O) groups is 1. The summed E-state index contributed by atoms with van der Waals surface area (Å²) in [5.41, 5.74) is -0.246. The summed E-state index contributed by atoms with van der Waals surface area (Å²) in [4.78, 5) is 15.1. The summed E-state index contributed by atoms with van der Waals surface area (Å²) in [6.07, 6.45) is -2.80. The molecule has 0 bridgehead atoms. The largest absolute Gasteiger partial charge is 0.465 e. The SMILES string of the molecule is COC(=O)c1c(CBr)cc(I)nc1C(F)F. The van der Waals surface area contributed by atoms with Crippen LogP contribution in [0.15, 0.2) is 6.07 Å². The molecule has 7 heteroatoms. The summed E-state index contributed by atoms with van der Waals surface area (Å²) in [7, 11) is 1.15. The van der Waals surface area contributed by atoms with E-state index in [4.69, 9.17) is 0 Å². The van der Waals surface area contributed by atoms with Crippen molar-refractivity contribution >= 4 is 44.5 Å². The Kier molecular flexibility index (Phi) is 5.03. The smallest absolute Gasteiger partial charge is 0.340 e. The van der Waals surface area contributed by atoms with Crippen molar-refractivity contribution in [2.75, 3.05) is 7.11 Å². The van der Waals surface area contributed by atoms with Gasteiger partial charge in [0.1, 0.15) is 9.39 Å². The number of ether oxygens (including phenoxy) is 1. The first-order chi connectivity index (χ1) is 7.51. The fourth-order valence-corrected chi connectivity index (χ4v) is 2.26. The number of carbonyl (C=O) groups excluding carboxylic acids is 1. The van der Waals surface area contributed by atoms with Crippen LogP contribution in [0.4, 0.5) is 8.78 Å². The molecule has 0 amide bonds. The Morgan fingerprint density at radius 1 is 1.69 bits per heavy atom. The van der Waals surface area contributed by atoms with Crippen molar-refractivity contribution in [1.82, 2.24) is 4.98 Å². The molecule has 0 aliphatic rings. The highest BCUT2D eigenvalue weighted by molar-refractivity contribution is 14.1. The van der Waals surface area contributed by atoms with Gasteiger partial charge in [0.25, 0.3) is 6.43 Å². The Morgan fingerprint density at radius 3 is 2.75 bits per heavy atom. The second-order valence-corrected chi connectivity index (χ2v) is 4.46. The number of rotatable bonds is 3. The lowest BCUT2D eigenvalue weighted by atomic mass is 10.1. The Bertz CT molecular complexity index is 415. The normalized spacial score (nSPS) is 10.6. The Hall–Kier alpha value is -0.310. The molecule has 0 spiro atoms. The van der Waals surface area contributed by atoms with E-state index in [0.717, 1.165) is 7.11 Å². The maximum absolute atomic E-state index is 12.7. The van der Waals surface area contributed by atoms with E-state index in [9.17, 15) is 13.6 Å². The van der Waals surface area contributed by atoms with E-state index in [1.54, 1.807) is 6.07 Å². The molecule has 0 aliphatic heterocycles.